The van der Waals surface area contributed by atoms with Gasteiger partial charge in [0, 0.05) is 32.2 Å². The lowest BCUT2D eigenvalue weighted by Gasteiger charge is -2.39. The number of benzene rings is 1. The van der Waals surface area contributed by atoms with E-state index < -0.39 is 0 Å². The summed E-state index contributed by atoms with van der Waals surface area (Å²) in [4.78, 5) is 4.99. The van der Waals surface area contributed by atoms with Crippen molar-refractivity contribution in [3.8, 4) is 0 Å². The lowest BCUT2D eigenvalue weighted by Crippen LogP contribution is -2.49. The Morgan fingerprint density at radius 1 is 1.22 bits per heavy atom. The van der Waals surface area contributed by atoms with Gasteiger partial charge in [-0.25, -0.2) is 0 Å². The molecule has 1 aromatic carbocycles. The zero-order chi connectivity index (χ0) is 13.1. The van der Waals surface area contributed by atoms with E-state index in [1.54, 1.807) is 0 Å². The molecular formula is C15H25N3. The van der Waals surface area contributed by atoms with Gasteiger partial charge in [0.2, 0.25) is 0 Å². The van der Waals surface area contributed by atoms with E-state index in [2.05, 4.69) is 42.7 Å². The molecule has 1 aliphatic heterocycles. The van der Waals surface area contributed by atoms with Gasteiger partial charge < -0.3 is 10.6 Å². The van der Waals surface area contributed by atoms with E-state index in [1.807, 2.05) is 6.07 Å². The summed E-state index contributed by atoms with van der Waals surface area (Å²) < 4.78 is 0. The Morgan fingerprint density at radius 2 is 1.89 bits per heavy atom. The number of rotatable bonds is 3. The molecule has 0 amide bonds. The van der Waals surface area contributed by atoms with Gasteiger partial charge >= 0.3 is 0 Å². The SMILES string of the molecule is CCC(C)N1CCN(c2cc(C)ccc2N)CC1. The first-order valence-electron chi connectivity index (χ1n) is 6.97. The number of nitrogens with zero attached hydrogens (tertiary/aromatic N) is 2. The molecule has 1 aliphatic rings. The Bertz CT molecular complexity index is 395. The first kappa shape index (κ1) is 13.2. The molecule has 0 saturated carbocycles. The Balaban J connectivity index is 2.03. The van der Waals surface area contributed by atoms with Crippen LogP contribution in [0.5, 0.6) is 0 Å². The van der Waals surface area contributed by atoms with E-state index in [-0.39, 0.29) is 0 Å². The van der Waals surface area contributed by atoms with Crippen LogP contribution in [0.4, 0.5) is 11.4 Å². The summed E-state index contributed by atoms with van der Waals surface area (Å²) in [5, 5.41) is 0. The van der Waals surface area contributed by atoms with E-state index in [0.29, 0.717) is 6.04 Å². The van der Waals surface area contributed by atoms with Gasteiger partial charge in [0.15, 0.2) is 0 Å². The van der Waals surface area contributed by atoms with Crippen LogP contribution in [-0.2, 0) is 0 Å². The zero-order valence-corrected chi connectivity index (χ0v) is 11.8. The quantitative estimate of drug-likeness (QED) is 0.833. The van der Waals surface area contributed by atoms with E-state index >= 15 is 0 Å². The standard InChI is InChI=1S/C15H25N3/c1-4-13(3)17-7-9-18(10-8-17)15-11-12(2)5-6-14(15)16/h5-6,11,13H,4,7-10,16H2,1-3H3. The van der Waals surface area contributed by atoms with E-state index in [1.165, 1.54) is 17.7 Å². The summed E-state index contributed by atoms with van der Waals surface area (Å²) in [6.07, 6.45) is 1.23. The third kappa shape index (κ3) is 2.78. The highest BCUT2D eigenvalue weighted by atomic mass is 15.3. The van der Waals surface area contributed by atoms with Crippen LogP contribution in [0.15, 0.2) is 18.2 Å². The number of aryl methyl sites for hydroxylation is 1. The maximum absolute atomic E-state index is 6.09. The fourth-order valence-corrected chi connectivity index (χ4v) is 2.59. The molecule has 1 saturated heterocycles. The second kappa shape index (κ2) is 5.61. The molecule has 0 aliphatic carbocycles. The van der Waals surface area contributed by atoms with Gasteiger partial charge in [-0.1, -0.05) is 13.0 Å². The molecule has 0 aromatic heterocycles. The van der Waals surface area contributed by atoms with Crippen LogP contribution < -0.4 is 10.6 Å². The van der Waals surface area contributed by atoms with Crippen LogP contribution >= 0.6 is 0 Å². The smallest absolute Gasteiger partial charge is 0.0603 e. The van der Waals surface area contributed by atoms with Gasteiger partial charge in [-0.15, -0.1) is 0 Å². The third-order valence-corrected chi connectivity index (χ3v) is 4.06. The number of anilines is 2. The van der Waals surface area contributed by atoms with Crippen molar-refractivity contribution in [1.82, 2.24) is 4.90 Å². The van der Waals surface area contributed by atoms with Gasteiger partial charge in [-0.3, -0.25) is 4.90 Å². The summed E-state index contributed by atoms with van der Waals surface area (Å²) in [5.41, 5.74) is 9.47. The van der Waals surface area contributed by atoms with Gasteiger partial charge in [-0.2, -0.15) is 0 Å². The molecule has 0 bridgehead atoms. The molecule has 100 valence electrons. The zero-order valence-electron chi connectivity index (χ0n) is 11.8. The summed E-state index contributed by atoms with van der Waals surface area (Å²) in [6, 6.07) is 7.00. The molecule has 1 aromatic rings. The molecule has 2 rings (SSSR count). The normalized spacial score (nSPS) is 18.9. The van der Waals surface area contributed by atoms with Crippen molar-refractivity contribution >= 4 is 11.4 Å². The van der Waals surface area contributed by atoms with Crippen molar-refractivity contribution in [3.63, 3.8) is 0 Å². The summed E-state index contributed by atoms with van der Waals surface area (Å²) >= 11 is 0. The highest BCUT2D eigenvalue weighted by Crippen LogP contribution is 2.25. The van der Waals surface area contributed by atoms with Gasteiger partial charge in [0.05, 0.1) is 11.4 Å². The summed E-state index contributed by atoms with van der Waals surface area (Å²) in [6.45, 7) is 11.1. The molecule has 0 radical (unpaired) electrons. The van der Waals surface area contributed by atoms with Crippen molar-refractivity contribution in [2.24, 2.45) is 0 Å². The molecule has 1 heterocycles. The van der Waals surface area contributed by atoms with Crippen molar-refractivity contribution in [2.75, 3.05) is 36.8 Å². The van der Waals surface area contributed by atoms with Crippen molar-refractivity contribution in [3.05, 3.63) is 23.8 Å². The third-order valence-electron chi connectivity index (χ3n) is 4.06. The minimum absolute atomic E-state index is 0.696. The molecule has 3 nitrogen and oxygen atoms in total. The highest BCUT2D eigenvalue weighted by molar-refractivity contribution is 5.68. The summed E-state index contributed by atoms with van der Waals surface area (Å²) in [7, 11) is 0. The molecule has 1 fully saturated rings. The van der Waals surface area contributed by atoms with Crippen molar-refractivity contribution in [1.29, 1.82) is 0 Å². The van der Waals surface area contributed by atoms with Gasteiger partial charge in [0.25, 0.3) is 0 Å². The molecule has 0 spiro atoms. The second-order valence-corrected chi connectivity index (χ2v) is 5.34. The monoisotopic (exact) mass is 247 g/mol. The number of hydrogen-bond donors (Lipinski definition) is 1. The van der Waals surface area contributed by atoms with E-state index in [9.17, 15) is 0 Å². The number of nitrogens with two attached hydrogens (primary N) is 1. The largest absolute Gasteiger partial charge is 0.397 e. The maximum Gasteiger partial charge on any atom is 0.0603 e. The van der Waals surface area contributed by atoms with E-state index in [0.717, 1.165) is 31.9 Å². The molecular weight excluding hydrogens is 222 g/mol. The fraction of sp³-hybridized carbons (Fsp3) is 0.600. The molecule has 2 N–H and O–H groups in total. The average molecular weight is 247 g/mol. The highest BCUT2D eigenvalue weighted by Gasteiger charge is 2.21. The van der Waals surface area contributed by atoms with Crippen LogP contribution in [0.25, 0.3) is 0 Å². The van der Waals surface area contributed by atoms with Crippen LogP contribution in [0.3, 0.4) is 0 Å². The molecule has 18 heavy (non-hydrogen) atoms. The number of nitrogen functional groups attached to an aromatic ring is 1. The predicted molar refractivity (Wildman–Crippen MR) is 79.1 cm³/mol. The average Bonchev–Trinajstić information content (AvgIpc) is 2.41. The van der Waals surface area contributed by atoms with Crippen molar-refractivity contribution < 1.29 is 0 Å². The minimum Gasteiger partial charge on any atom is -0.397 e. The molecule has 1 unspecified atom stereocenters. The lowest BCUT2D eigenvalue weighted by molar-refractivity contribution is 0.193. The fourth-order valence-electron chi connectivity index (χ4n) is 2.59. The molecule has 3 heteroatoms. The second-order valence-electron chi connectivity index (χ2n) is 5.34. The Morgan fingerprint density at radius 3 is 2.50 bits per heavy atom. The van der Waals surface area contributed by atoms with Crippen LogP contribution in [-0.4, -0.2) is 37.1 Å². The number of hydrogen-bond acceptors (Lipinski definition) is 3. The first-order chi connectivity index (χ1) is 8.61. The van der Waals surface area contributed by atoms with Crippen LogP contribution in [0.2, 0.25) is 0 Å². The Kier molecular flexibility index (Phi) is 4.12. The van der Waals surface area contributed by atoms with Gasteiger partial charge in [-0.05, 0) is 38.0 Å². The topological polar surface area (TPSA) is 32.5 Å². The number of piperazine rings is 1. The Hall–Kier alpha value is -1.22. The Labute approximate surface area is 111 Å². The summed E-state index contributed by atoms with van der Waals surface area (Å²) in [5.74, 6) is 0. The van der Waals surface area contributed by atoms with Gasteiger partial charge in [0.1, 0.15) is 0 Å². The van der Waals surface area contributed by atoms with Crippen LogP contribution in [0.1, 0.15) is 25.8 Å². The molecule has 1 atom stereocenters. The first-order valence-corrected chi connectivity index (χ1v) is 6.97. The lowest BCUT2D eigenvalue weighted by atomic mass is 10.1. The minimum atomic E-state index is 0.696. The maximum atomic E-state index is 6.09. The van der Waals surface area contributed by atoms with Crippen molar-refractivity contribution in [2.45, 2.75) is 33.2 Å². The van der Waals surface area contributed by atoms with Crippen LogP contribution in [0, 0.1) is 6.92 Å². The van der Waals surface area contributed by atoms with E-state index in [4.69, 9.17) is 5.73 Å². The predicted octanol–water partition coefficient (Wildman–Crippen LogP) is 2.50.